The van der Waals surface area contributed by atoms with E-state index in [-0.39, 0.29) is 0 Å². The zero-order chi connectivity index (χ0) is 14.4. The van der Waals surface area contributed by atoms with Crippen molar-refractivity contribution in [3.05, 3.63) is 5.69 Å². The normalized spacial score (nSPS) is 11.5. The summed E-state index contributed by atoms with van der Waals surface area (Å²) in [4.78, 5) is 2.44. The Morgan fingerprint density at radius 3 is 2.53 bits per heavy atom. The van der Waals surface area contributed by atoms with Crippen LogP contribution in [0.5, 0.6) is 0 Å². The number of nitrogens with two attached hydrogens (primary N) is 1. The summed E-state index contributed by atoms with van der Waals surface area (Å²) in [6.07, 6.45) is 1.19. The molecular weight excluding hydrogens is 238 g/mol. The first kappa shape index (κ1) is 15.8. The van der Waals surface area contributed by atoms with Gasteiger partial charge in [-0.1, -0.05) is 13.8 Å². The van der Waals surface area contributed by atoms with Gasteiger partial charge < -0.3 is 16.0 Å². The zero-order valence-electron chi connectivity index (χ0n) is 13.0. The molecule has 0 unspecified atom stereocenters. The summed E-state index contributed by atoms with van der Waals surface area (Å²) in [5.41, 5.74) is 7.76. The Labute approximate surface area is 117 Å². The summed E-state index contributed by atoms with van der Waals surface area (Å²) in [7, 11) is 0. The molecule has 0 aliphatic heterocycles. The van der Waals surface area contributed by atoms with Gasteiger partial charge in [0.15, 0.2) is 0 Å². The van der Waals surface area contributed by atoms with E-state index in [1.54, 1.807) is 0 Å². The van der Waals surface area contributed by atoms with Gasteiger partial charge >= 0.3 is 0 Å². The molecule has 0 amide bonds. The fourth-order valence-electron chi connectivity index (χ4n) is 2.19. The van der Waals surface area contributed by atoms with Crippen LogP contribution in [0.1, 0.15) is 45.9 Å². The minimum Gasteiger partial charge on any atom is -0.394 e. The number of aromatic nitrogens is 2. The number of anilines is 2. The maximum absolute atomic E-state index is 6.09. The first-order chi connectivity index (χ1) is 9.01. The Bertz CT molecular complexity index is 383. The smallest absolute Gasteiger partial charge is 0.148 e. The van der Waals surface area contributed by atoms with Gasteiger partial charge in [0, 0.05) is 19.1 Å². The lowest BCUT2D eigenvalue weighted by molar-refractivity contribution is 0.299. The summed E-state index contributed by atoms with van der Waals surface area (Å²) in [5, 5.41) is 7.92. The van der Waals surface area contributed by atoms with Crippen LogP contribution in [0, 0.1) is 6.92 Å². The fourth-order valence-corrected chi connectivity index (χ4v) is 2.19. The van der Waals surface area contributed by atoms with E-state index in [0.29, 0.717) is 6.04 Å². The van der Waals surface area contributed by atoms with E-state index in [4.69, 9.17) is 5.73 Å². The van der Waals surface area contributed by atoms with Crippen LogP contribution in [0.2, 0.25) is 0 Å². The molecule has 0 saturated heterocycles. The Morgan fingerprint density at radius 1 is 1.32 bits per heavy atom. The summed E-state index contributed by atoms with van der Waals surface area (Å²) < 4.78 is 1.97. The minimum absolute atomic E-state index is 0.316. The molecule has 1 rings (SSSR count). The SMILES string of the molecule is CCCN(CC)CCNc1c(N)c(C)nn1C(C)C. The van der Waals surface area contributed by atoms with Crippen LogP contribution in [-0.4, -0.2) is 40.9 Å². The van der Waals surface area contributed by atoms with Crippen LogP contribution in [0.4, 0.5) is 11.5 Å². The quantitative estimate of drug-likeness (QED) is 0.760. The van der Waals surface area contributed by atoms with E-state index >= 15 is 0 Å². The molecule has 1 heterocycles. The van der Waals surface area contributed by atoms with Crippen molar-refractivity contribution in [3.63, 3.8) is 0 Å². The van der Waals surface area contributed by atoms with E-state index in [2.05, 4.69) is 43.0 Å². The Balaban J connectivity index is 2.62. The molecule has 0 spiro atoms. The third-order valence-electron chi connectivity index (χ3n) is 3.33. The van der Waals surface area contributed by atoms with Gasteiger partial charge in [-0.2, -0.15) is 5.10 Å². The number of aryl methyl sites for hydroxylation is 1. The summed E-state index contributed by atoms with van der Waals surface area (Å²) >= 11 is 0. The van der Waals surface area contributed by atoms with Crippen molar-refractivity contribution in [2.45, 2.75) is 47.1 Å². The number of hydrogen-bond donors (Lipinski definition) is 2. The van der Waals surface area contributed by atoms with Crippen LogP contribution >= 0.6 is 0 Å². The van der Waals surface area contributed by atoms with E-state index in [1.165, 1.54) is 6.42 Å². The van der Waals surface area contributed by atoms with Crippen LogP contribution < -0.4 is 11.1 Å². The van der Waals surface area contributed by atoms with E-state index < -0.39 is 0 Å². The zero-order valence-corrected chi connectivity index (χ0v) is 13.0. The molecule has 1 aromatic rings. The number of likely N-dealkylation sites (N-methyl/N-ethyl adjacent to an activating group) is 1. The van der Waals surface area contributed by atoms with Gasteiger partial charge in [-0.25, -0.2) is 4.68 Å². The first-order valence-corrected chi connectivity index (χ1v) is 7.32. The van der Waals surface area contributed by atoms with Gasteiger partial charge in [-0.15, -0.1) is 0 Å². The second-order valence-electron chi connectivity index (χ2n) is 5.25. The lowest BCUT2D eigenvalue weighted by atomic mass is 10.3. The lowest BCUT2D eigenvalue weighted by Crippen LogP contribution is -2.30. The number of nitrogens with one attached hydrogen (secondary N) is 1. The van der Waals surface area contributed by atoms with Gasteiger partial charge in [0.2, 0.25) is 0 Å². The van der Waals surface area contributed by atoms with E-state index in [1.807, 2.05) is 11.6 Å². The maximum atomic E-state index is 6.09. The highest BCUT2D eigenvalue weighted by molar-refractivity contribution is 5.64. The average molecular weight is 267 g/mol. The van der Waals surface area contributed by atoms with Crippen molar-refractivity contribution in [2.24, 2.45) is 0 Å². The molecule has 0 fully saturated rings. The van der Waals surface area contributed by atoms with Gasteiger partial charge in [-0.05, 0) is 40.3 Å². The monoisotopic (exact) mass is 267 g/mol. The molecule has 1 aromatic heterocycles. The molecule has 0 bridgehead atoms. The predicted molar refractivity (Wildman–Crippen MR) is 82.7 cm³/mol. The number of nitrogen functional groups attached to an aromatic ring is 1. The molecule has 0 aliphatic carbocycles. The third kappa shape index (κ3) is 4.13. The molecule has 19 heavy (non-hydrogen) atoms. The molecule has 3 N–H and O–H groups in total. The molecule has 0 aromatic carbocycles. The standard InChI is InChI=1S/C14H29N5/c1-6-9-18(7-2)10-8-16-14-13(15)12(5)17-19(14)11(3)4/h11,16H,6-10,15H2,1-5H3. The van der Waals surface area contributed by atoms with Gasteiger partial charge in [0.1, 0.15) is 5.82 Å². The second kappa shape index (κ2) is 7.38. The molecule has 5 nitrogen and oxygen atoms in total. The minimum atomic E-state index is 0.316. The van der Waals surface area contributed by atoms with Gasteiger partial charge in [-0.3, -0.25) is 0 Å². The third-order valence-corrected chi connectivity index (χ3v) is 3.33. The Hall–Kier alpha value is -1.23. The van der Waals surface area contributed by atoms with Crippen molar-refractivity contribution >= 4 is 11.5 Å². The Morgan fingerprint density at radius 2 is 2.00 bits per heavy atom. The summed E-state index contributed by atoms with van der Waals surface area (Å²) in [6, 6.07) is 0.316. The van der Waals surface area contributed by atoms with Crippen LogP contribution in [-0.2, 0) is 0 Å². The van der Waals surface area contributed by atoms with Crippen molar-refractivity contribution in [1.29, 1.82) is 0 Å². The topological polar surface area (TPSA) is 59.1 Å². The van der Waals surface area contributed by atoms with Crippen molar-refractivity contribution in [2.75, 3.05) is 37.2 Å². The van der Waals surface area contributed by atoms with Crippen molar-refractivity contribution < 1.29 is 0 Å². The van der Waals surface area contributed by atoms with Crippen LogP contribution in [0.15, 0.2) is 0 Å². The van der Waals surface area contributed by atoms with Crippen molar-refractivity contribution in [3.8, 4) is 0 Å². The summed E-state index contributed by atoms with van der Waals surface area (Å²) in [5.74, 6) is 0.958. The molecule has 110 valence electrons. The number of nitrogens with zero attached hydrogens (tertiary/aromatic N) is 3. The van der Waals surface area contributed by atoms with E-state index in [9.17, 15) is 0 Å². The molecular formula is C14H29N5. The van der Waals surface area contributed by atoms with Crippen LogP contribution in [0.3, 0.4) is 0 Å². The molecule has 0 radical (unpaired) electrons. The molecule has 0 aliphatic rings. The molecule has 5 heteroatoms. The van der Waals surface area contributed by atoms with Crippen LogP contribution in [0.25, 0.3) is 0 Å². The van der Waals surface area contributed by atoms with Gasteiger partial charge in [0.25, 0.3) is 0 Å². The van der Waals surface area contributed by atoms with E-state index in [0.717, 1.165) is 43.4 Å². The number of hydrogen-bond acceptors (Lipinski definition) is 4. The fraction of sp³-hybridized carbons (Fsp3) is 0.786. The predicted octanol–water partition coefficient (Wildman–Crippen LogP) is 2.50. The average Bonchev–Trinajstić information content (AvgIpc) is 2.66. The highest BCUT2D eigenvalue weighted by Crippen LogP contribution is 2.25. The first-order valence-electron chi connectivity index (χ1n) is 7.32. The Kier molecular flexibility index (Phi) is 6.15. The highest BCUT2D eigenvalue weighted by Gasteiger charge is 2.14. The van der Waals surface area contributed by atoms with Crippen molar-refractivity contribution in [1.82, 2.24) is 14.7 Å². The lowest BCUT2D eigenvalue weighted by Gasteiger charge is -2.20. The number of rotatable bonds is 8. The molecule has 0 saturated carbocycles. The van der Waals surface area contributed by atoms with Gasteiger partial charge in [0.05, 0.1) is 11.4 Å². The highest BCUT2D eigenvalue weighted by atomic mass is 15.4. The second-order valence-corrected chi connectivity index (χ2v) is 5.25. The maximum Gasteiger partial charge on any atom is 0.148 e. The largest absolute Gasteiger partial charge is 0.394 e. The summed E-state index contributed by atoms with van der Waals surface area (Å²) in [6.45, 7) is 14.8. The molecule has 0 atom stereocenters.